The molecule has 2 aromatic heterocycles. The molecule has 0 radical (unpaired) electrons. The summed E-state index contributed by atoms with van der Waals surface area (Å²) in [6.07, 6.45) is 4.78. The second-order valence-electron chi connectivity index (χ2n) is 5.31. The van der Waals surface area contributed by atoms with E-state index in [4.69, 9.17) is 0 Å². The van der Waals surface area contributed by atoms with Gasteiger partial charge in [-0.15, -0.1) is 0 Å². The van der Waals surface area contributed by atoms with Gasteiger partial charge in [0.25, 0.3) is 0 Å². The van der Waals surface area contributed by atoms with Gasteiger partial charge >= 0.3 is 0 Å². The minimum absolute atomic E-state index is 0.139. The lowest BCUT2D eigenvalue weighted by atomic mass is 10.2. The first kappa shape index (κ1) is 16.7. The number of nitrogens with one attached hydrogen (secondary N) is 2. The number of fused-ring (bicyclic) bond motifs is 1. The van der Waals surface area contributed by atoms with Crippen molar-refractivity contribution in [1.82, 2.24) is 20.3 Å². The van der Waals surface area contributed by atoms with Crippen molar-refractivity contribution in [3.63, 3.8) is 0 Å². The molecule has 0 unspecified atom stereocenters. The smallest absolute Gasteiger partial charge is 0.222 e. The van der Waals surface area contributed by atoms with Gasteiger partial charge in [0.2, 0.25) is 5.91 Å². The Morgan fingerprint density at radius 1 is 1.08 bits per heavy atom. The average Bonchev–Trinajstić information content (AvgIpc) is 2.62. The molecule has 0 bridgehead atoms. The SMILES string of the molecule is O=C(CCNc1ncnc2cc(F)c(F)cc12)NCc1ccncc1. The Bertz CT molecular complexity index is 889. The summed E-state index contributed by atoms with van der Waals surface area (Å²) in [6.45, 7) is 0.718. The van der Waals surface area contributed by atoms with E-state index in [1.165, 1.54) is 6.33 Å². The molecule has 8 heteroatoms. The van der Waals surface area contributed by atoms with Crippen molar-refractivity contribution in [3.8, 4) is 0 Å². The molecule has 2 heterocycles. The van der Waals surface area contributed by atoms with Gasteiger partial charge < -0.3 is 10.6 Å². The molecule has 0 atom stereocenters. The topological polar surface area (TPSA) is 79.8 Å². The third kappa shape index (κ3) is 4.23. The predicted octanol–water partition coefficient (Wildman–Crippen LogP) is 2.42. The highest BCUT2D eigenvalue weighted by Gasteiger charge is 2.10. The Balaban J connectivity index is 1.56. The van der Waals surface area contributed by atoms with Crippen LogP contribution in [0.1, 0.15) is 12.0 Å². The van der Waals surface area contributed by atoms with E-state index in [0.29, 0.717) is 29.8 Å². The van der Waals surface area contributed by atoms with Gasteiger partial charge in [-0.25, -0.2) is 18.7 Å². The molecule has 128 valence electrons. The number of halogens is 2. The quantitative estimate of drug-likeness (QED) is 0.718. The molecule has 3 rings (SSSR count). The third-order valence-electron chi connectivity index (χ3n) is 3.56. The molecule has 6 nitrogen and oxygen atoms in total. The molecule has 2 N–H and O–H groups in total. The highest BCUT2D eigenvalue weighted by molar-refractivity contribution is 5.89. The molecule has 25 heavy (non-hydrogen) atoms. The Morgan fingerprint density at radius 2 is 1.84 bits per heavy atom. The van der Waals surface area contributed by atoms with Gasteiger partial charge in [-0.1, -0.05) is 0 Å². The van der Waals surface area contributed by atoms with E-state index in [0.717, 1.165) is 17.7 Å². The van der Waals surface area contributed by atoms with Crippen molar-refractivity contribution in [1.29, 1.82) is 0 Å². The Morgan fingerprint density at radius 3 is 2.64 bits per heavy atom. The van der Waals surface area contributed by atoms with E-state index < -0.39 is 11.6 Å². The van der Waals surface area contributed by atoms with E-state index in [2.05, 4.69) is 25.6 Å². The van der Waals surface area contributed by atoms with Crippen molar-refractivity contribution in [2.45, 2.75) is 13.0 Å². The molecule has 0 aliphatic heterocycles. The van der Waals surface area contributed by atoms with Gasteiger partial charge in [-0.05, 0) is 23.8 Å². The number of amides is 1. The van der Waals surface area contributed by atoms with E-state index >= 15 is 0 Å². The van der Waals surface area contributed by atoms with Gasteiger partial charge in [0, 0.05) is 43.4 Å². The molecule has 0 saturated heterocycles. The van der Waals surface area contributed by atoms with Crippen molar-refractivity contribution in [2.75, 3.05) is 11.9 Å². The molecule has 0 spiro atoms. The summed E-state index contributed by atoms with van der Waals surface area (Å²) in [5.41, 5.74) is 1.24. The lowest BCUT2D eigenvalue weighted by molar-refractivity contribution is -0.121. The van der Waals surface area contributed by atoms with E-state index in [9.17, 15) is 13.6 Å². The maximum atomic E-state index is 13.4. The first-order valence-corrected chi connectivity index (χ1v) is 7.63. The van der Waals surface area contributed by atoms with Crippen LogP contribution >= 0.6 is 0 Å². The monoisotopic (exact) mass is 343 g/mol. The van der Waals surface area contributed by atoms with Crippen molar-refractivity contribution in [2.24, 2.45) is 0 Å². The molecular formula is C17H15F2N5O. The Kier molecular flexibility index (Phi) is 5.08. The first-order chi connectivity index (χ1) is 12.1. The van der Waals surface area contributed by atoms with Crippen LogP contribution in [0, 0.1) is 11.6 Å². The molecule has 1 aromatic carbocycles. The number of benzene rings is 1. The van der Waals surface area contributed by atoms with Gasteiger partial charge in [0.1, 0.15) is 12.1 Å². The second-order valence-corrected chi connectivity index (χ2v) is 5.31. The van der Waals surface area contributed by atoms with Crippen LogP contribution in [-0.4, -0.2) is 27.4 Å². The number of hydrogen-bond donors (Lipinski definition) is 2. The fraction of sp³-hybridized carbons (Fsp3) is 0.176. The van der Waals surface area contributed by atoms with Crippen LogP contribution in [0.25, 0.3) is 10.9 Å². The lowest BCUT2D eigenvalue weighted by Gasteiger charge is -2.09. The molecule has 1 amide bonds. The zero-order valence-corrected chi connectivity index (χ0v) is 13.2. The van der Waals surface area contributed by atoms with Crippen LogP contribution in [0.15, 0.2) is 43.0 Å². The number of nitrogens with zero attached hydrogens (tertiary/aromatic N) is 3. The Labute approximate surface area is 142 Å². The van der Waals surface area contributed by atoms with E-state index in [1.807, 2.05) is 12.1 Å². The van der Waals surface area contributed by atoms with E-state index in [1.54, 1.807) is 12.4 Å². The zero-order valence-electron chi connectivity index (χ0n) is 13.2. The van der Waals surface area contributed by atoms with Crippen LogP contribution in [0.4, 0.5) is 14.6 Å². The summed E-state index contributed by atoms with van der Waals surface area (Å²) < 4.78 is 26.7. The summed E-state index contributed by atoms with van der Waals surface area (Å²) in [4.78, 5) is 23.7. The van der Waals surface area contributed by atoms with Gasteiger partial charge in [-0.2, -0.15) is 0 Å². The maximum Gasteiger partial charge on any atom is 0.222 e. The summed E-state index contributed by atoms with van der Waals surface area (Å²) in [7, 11) is 0. The predicted molar refractivity (Wildman–Crippen MR) is 88.6 cm³/mol. The van der Waals surface area contributed by atoms with Crippen LogP contribution in [0.2, 0.25) is 0 Å². The van der Waals surface area contributed by atoms with Crippen LogP contribution in [0.5, 0.6) is 0 Å². The average molecular weight is 343 g/mol. The number of rotatable bonds is 6. The minimum Gasteiger partial charge on any atom is -0.369 e. The van der Waals surface area contributed by atoms with Crippen molar-refractivity contribution < 1.29 is 13.6 Å². The fourth-order valence-corrected chi connectivity index (χ4v) is 2.28. The zero-order chi connectivity index (χ0) is 17.6. The van der Waals surface area contributed by atoms with Crippen LogP contribution in [0.3, 0.4) is 0 Å². The summed E-state index contributed by atoms with van der Waals surface area (Å²) in [5, 5.41) is 6.10. The first-order valence-electron chi connectivity index (χ1n) is 7.63. The standard InChI is InChI=1S/C17H15F2N5O/c18-13-7-12-15(8-14(13)19)23-10-24-17(12)21-6-3-16(25)22-9-11-1-4-20-5-2-11/h1-2,4-5,7-8,10H,3,6,9H2,(H,22,25)(H,21,23,24). The molecule has 0 aliphatic carbocycles. The molecule has 0 saturated carbocycles. The fourth-order valence-electron chi connectivity index (χ4n) is 2.28. The molecule has 3 aromatic rings. The second kappa shape index (κ2) is 7.61. The lowest BCUT2D eigenvalue weighted by Crippen LogP contribution is -2.25. The Hall–Kier alpha value is -3.16. The molecular weight excluding hydrogens is 328 g/mol. The maximum absolute atomic E-state index is 13.4. The summed E-state index contributed by atoms with van der Waals surface area (Å²) >= 11 is 0. The molecule has 0 fully saturated rings. The van der Waals surface area contributed by atoms with Crippen LogP contribution in [-0.2, 0) is 11.3 Å². The largest absolute Gasteiger partial charge is 0.369 e. The van der Waals surface area contributed by atoms with Gasteiger partial charge in [0.15, 0.2) is 11.6 Å². The van der Waals surface area contributed by atoms with Gasteiger partial charge in [-0.3, -0.25) is 9.78 Å². The number of hydrogen-bond acceptors (Lipinski definition) is 5. The number of pyridine rings is 1. The summed E-state index contributed by atoms with van der Waals surface area (Å²) in [5.74, 6) is -1.72. The number of carbonyl (C=O) groups is 1. The summed E-state index contributed by atoms with van der Waals surface area (Å²) in [6, 6.07) is 5.69. The third-order valence-corrected chi connectivity index (χ3v) is 3.56. The van der Waals surface area contributed by atoms with Crippen LogP contribution < -0.4 is 10.6 Å². The number of aromatic nitrogens is 3. The van der Waals surface area contributed by atoms with Crippen molar-refractivity contribution in [3.05, 3.63) is 60.2 Å². The molecule has 0 aliphatic rings. The highest BCUT2D eigenvalue weighted by Crippen LogP contribution is 2.22. The minimum atomic E-state index is -0.972. The number of anilines is 1. The highest BCUT2D eigenvalue weighted by atomic mass is 19.2. The van der Waals surface area contributed by atoms with Crippen molar-refractivity contribution >= 4 is 22.6 Å². The van der Waals surface area contributed by atoms with E-state index in [-0.39, 0.29) is 12.3 Å². The van der Waals surface area contributed by atoms with Gasteiger partial charge in [0.05, 0.1) is 5.52 Å². The normalized spacial score (nSPS) is 10.6. The number of carbonyl (C=O) groups excluding carboxylic acids is 1.